The van der Waals surface area contributed by atoms with E-state index in [9.17, 15) is 5.11 Å². The molecule has 2 aromatic rings. The first-order chi connectivity index (χ1) is 8.70. The van der Waals surface area contributed by atoms with Gasteiger partial charge in [-0.2, -0.15) is 0 Å². The third kappa shape index (κ3) is 1.69. The highest BCUT2D eigenvalue weighted by atomic mass is 16.5. The molecule has 96 valence electrons. The number of fused-ring (bicyclic) bond motifs is 1. The predicted octanol–water partition coefficient (Wildman–Crippen LogP) is 0.380. The van der Waals surface area contributed by atoms with Crippen LogP contribution in [0.1, 0.15) is 18.2 Å². The molecule has 1 aliphatic rings. The minimum absolute atomic E-state index is 0.179. The molecule has 3 rings (SSSR count). The fraction of sp³-hybridized carbons (Fsp3) is 0.500. The van der Waals surface area contributed by atoms with Gasteiger partial charge in [0.05, 0.1) is 36.3 Å². The second kappa shape index (κ2) is 4.31. The van der Waals surface area contributed by atoms with E-state index in [4.69, 9.17) is 9.84 Å². The quantitative estimate of drug-likeness (QED) is 0.804. The van der Waals surface area contributed by atoms with Gasteiger partial charge >= 0.3 is 0 Å². The van der Waals surface area contributed by atoms with Crippen molar-refractivity contribution in [3.8, 4) is 0 Å². The Balaban J connectivity index is 1.99. The van der Waals surface area contributed by atoms with Crippen LogP contribution in [0.15, 0.2) is 18.7 Å². The Bertz CT molecular complexity index is 569. The highest BCUT2D eigenvalue weighted by Crippen LogP contribution is 2.31. The molecule has 0 amide bonds. The molecular formula is C12H15N3O3. The van der Waals surface area contributed by atoms with Crippen molar-refractivity contribution in [2.45, 2.75) is 31.8 Å². The maximum absolute atomic E-state index is 9.75. The van der Waals surface area contributed by atoms with Crippen LogP contribution in [0.25, 0.3) is 11.0 Å². The predicted molar refractivity (Wildman–Crippen MR) is 63.9 cm³/mol. The largest absolute Gasteiger partial charge is 0.394 e. The molecule has 0 unspecified atom stereocenters. The highest BCUT2D eigenvalue weighted by Gasteiger charge is 2.34. The smallest absolute Gasteiger partial charge is 0.138 e. The van der Waals surface area contributed by atoms with E-state index in [-0.39, 0.29) is 12.8 Å². The van der Waals surface area contributed by atoms with Crippen molar-refractivity contribution in [1.29, 1.82) is 0 Å². The first kappa shape index (κ1) is 11.6. The summed E-state index contributed by atoms with van der Waals surface area (Å²) >= 11 is 0. The fourth-order valence-corrected chi connectivity index (χ4v) is 2.36. The van der Waals surface area contributed by atoms with Crippen LogP contribution in [-0.2, 0) is 4.74 Å². The number of hydrogen-bond donors (Lipinski definition) is 2. The van der Waals surface area contributed by atoms with Crippen LogP contribution < -0.4 is 0 Å². The summed E-state index contributed by atoms with van der Waals surface area (Å²) in [6.07, 6.45) is 4.17. The summed E-state index contributed by atoms with van der Waals surface area (Å²) in [5.74, 6) is 0. The van der Waals surface area contributed by atoms with Gasteiger partial charge < -0.3 is 19.5 Å². The minimum Gasteiger partial charge on any atom is -0.394 e. The van der Waals surface area contributed by atoms with E-state index in [0.717, 1.165) is 16.6 Å². The third-order valence-electron chi connectivity index (χ3n) is 3.36. The second-order valence-electron chi connectivity index (χ2n) is 4.59. The molecule has 0 bridgehead atoms. The molecule has 0 aromatic carbocycles. The summed E-state index contributed by atoms with van der Waals surface area (Å²) in [6.45, 7) is 1.77. The summed E-state index contributed by atoms with van der Waals surface area (Å²) in [4.78, 5) is 8.48. The van der Waals surface area contributed by atoms with Gasteiger partial charge in [0.15, 0.2) is 0 Å². The number of imidazole rings is 1. The van der Waals surface area contributed by atoms with Gasteiger partial charge in [-0.1, -0.05) is 0 Å². The average molecular weight is 249 g/mol. The van der Waals surface area contributed by atoms with Crippen molar-refractivity contribution >= 4 is 11.0 Å². The summed E-state index contributed by atoms with van der Waals surface area (Å²) in [5.41, 5.74) is 2.77. The molecule has 1 saturated heterocycles. The van der Waals surface area contributed by atoms with Crippen LogP contribution in [0.2, 0.25) is 0 Å². The summed E-state index contributed by atoms with van der Waals surface area (Å²) in [7, 11) is 0. The van der Waals surface area contributed by atoms with Crippen LogP contribution in [0.4, 0.5) is 0 Å². The van der Waals surface area contributed by atoms with Crippen molar-refractivity contribution in [3.63, 3.8) is 0 Å². The Hall–Kier alpha value is -1.50. The molecule has 0 aliphatic carbocycles. The molecule has 0 radical (unpaired) electrons. The molecule has 6 nitrogen and oxygen atoms in total. The van der Waals surface area contributed by atoms with E-state index in [2.05, 4.69) is 9.97 Å². The zero-order chi connectivity index (χ0) is 12.7. The van der Waals surface area contributed by atoms with Crippen LogP contribution in [0, 0.1) is 6.92 Å². The monoisotopic (exact) mass is 249 g/mol. The van der Waals surface area contributed by atoms with Gasteiger partial charge in [-0.15, -0.1) is 0 Å². The first-order valence-electron chi connectivity index (χ1n) is 5.92. The number of aliphatic hydroxyl groups is 2. The SMILES string of the molecule is Cc1cncc2c1ncn2[C@H]1C[C@H](O)[C@@H](CO)O1. The first-order valence-corrected chi connectivity index (χ1v) is 5.92. The number of hydrogen-bond acceptors (Lipinski definition) is 5. The number of pyridine rings is 1. The zero-order valence-electron chi connectivity index (χ0n) is 10.0. The van der Waals surface area contributed by atoms with Crippen molar-refractivity contribution in [2.75, 3.05) is 6.61 Å². The standard InChI is InChI=1S/C12H15N3O3/c1-7-3-13-4-8-12(7)14-6-15(8)11-2-9(17)10(5-16)18-11/h3-4,6,9-11,16-17H,2,5H2,1H3/t9-,10+,11+/m0/s1. The lowest BCUT2D eigenvalue weighted by Crippen LogP contribution is -2.24. The van der Waals surface area contributed by atoms with E-state index in [0.29, 0.717) is 6.42 Å². The summed E-state index contributed by atoms with van der Waals surface area (Å²) < 4.78 is 7.47. The number of aryl methyl sites for hydroxylation is 1. The molecule has 6 heteroatoms. The molecule has 1 aliphatic heterocycles. The van der Waals surface area contributed by atoms with Crippen LogP contribution >= 0.6 is 0 Å². The summed E-state index contributed by atoms with van der Waals surface area (Å²) in [5, 5.41) is 18.8. The lowest BCUT2D eigenvalue weighted by Gasteiger charge is -2.13. The lowest BCUT2D eigenvalue weighted by atomic mass is 10.2. The number of rotatable bonds is 2. The summed E-state index contributed by atoms with van der Waals surface area (Å²) in [6, 6.07) is 0. The van der Waals surface area contributed by atoms with Gasteiger partial charge in [-0.05, 0) is 12.5 Å². The Kier molecular flexibility index (Phi) is 2.77. The van der Waals surface area contributed by atoms with Crippen molar-refractivity contribution in [2.24, 2.45) is 0 Å². The molecule has 3 heterocycles. The third-order valence-corrected chi connectivity index (χ3v) is 3.36. The Morgan fingerprint density at radius 3 is 3.06 bits per heavy atom. The average Bonchev–Trinajstić information content (AvgIpc) is 2.93. The van der Waals surface area contributed by atoms with E-state index < -0.39 is 12.2 Å². The Morgan fingerprint density at radius 2 is 2.33 bits per heavy atom. The number of nitrogens with zero attached hydrogens (tertiary/aromatic N) is 3. The van der Waals surface area contributed by atoms with Gasteiger partial charge in [-0.25, -0.2) is 4.98 Å². The van der Waals surface area contributed by atoms with Gasteiger partial charge in [-0.3, -0.25) is 4.98 Å². The maximum Gasteiger partial charge on any atom is 0.138 e. The number of aromatic nitrogens is 3. The van der Waals surface area contributed by atoms with Crippen LogP contribution in [0.5, 0.6) is 0 Å². The van der Waals surface area contributed by atoms with Gasteiger partial charge in [0.25, 0.3) is 0 Å². The van der Waals surface area contributed by atoms with Crippen LogP contribution in [0.3, 0.4) is 0 Å². The van der Waals surface area contributed by atoms with Crippen molar-refractivity contribution < 1.29 is 14.9 Å². The molecule has 1 fully saturated rings. The van der Waals surface area contributed by atoms with Crippen LogP contribution in [-0.4, -0.2) is 43.6 Å². The fourth-order valence-electron chi connectivity index (χ4n) is 2.36. The topological polar surface area (TPSA) is 80.4 Å². The van der Waals surface area contributed by atoms with Gasteiger partial charge in [0.2, 0.25) is 0 Å². The van der Waals surface area contributed by atoms with E-state index in [1.54, 1.807) is 18.7 Å². The Labute approximate surface area is 104 Å². The van der Waals surface area contributed by atoms with Gasteiger partial charge in [0.1, 0.15) is 12.3 Å². The molecule has 0 spiro atoms. The minimum atomic E-state index is -0.643. The molecule has 18 heavy (non-hydrogen) atoms. The van der Waals surface area contributed by atoms with Crippen molar-refractivity contribution in [3.05, 3.63) is 24.3 Å². The molecule has 2 N–H and O–H groups in total. The normalized spacial score (nSPS) is 28.1. The highest BCUT2D eigenvalue weighted by molar-refractivity contribution is 5.77. The molecule has 3 atom stereocenters. The van der Waals surface area contributed by atoms with Crippen molar-refractivity contribution in [1.82, 2.24) is 14.5 Å². The van der Waals surface area contributed by atoms with E-state index in [1.165, 1.54) is 0 Å². The lowest BCUT2D eigenvalue weighted by molar-refractivity contribution is -0.0430. The Morgan fingerprint density at radius 1 is 1.50 bits per heavy atom. The van der Waals surface area contributed by atoms with E-state index >= 15 is 0 Å². The second-order valence-corrected chi connectivity index (χ2v) is 4.59. The number of aliphatic hydroxyl groups excluding tert-OH is 2. The number of ether oxygens (including phenoxy) is 1. The van der Waals surface area contributed by atoms with Gasteiger partial charge in [0, 0.05) is 12.6 Å². The molecule has 2 aromatic heterocycles. The molecular weight excluding hydrogens is 234 g/mol. The molecule has 0 saturated carbocycles. The maximum atomic E-state index is 9.75. The van der Waals surface area contributed by atoms with E-state index in [1.807, 2.05) is 11.5 Å². The zero-order valence-corrected chi connectivity index (χ0v) is 10.0.